The quantitative estimate of drug-likeness (QED) is 0.570. The smallest absolute Gasteiger partial charge is 0.243 e. The molecule has 8 heteroatoms. The lowest BCUT2D eigenvalue weighted by Gasteiger charge is -2.31. The Hall–Kier alpha value is -2.55. The van der Waals surface area contributed by atoms with E-state index >= 15 is 0 Å². The molecular formula is C24H27N3O3S2. The van der Waals surface area contributed by atoms with Crippen LogP contribution in [0.2, 0.25) is 0 Å². The van der Waals surface area contributed by atoms with Crippen LogP contribution in [0.1, 0.15) is 24.1 Å². The molecule has 0 bridgehead atoms. The number of hydrogen-bond acceptors (Lipinski definition) is 5. The topological polar surface area (TPSA) is 79.4 Å². The van der Waals surface area contributed by atoms with Gasteiger partial charge in [-0.25, -0.2) is 13.4 Å². The van der Waals surface area contributed by atoms with Gasteiger partial charge in [0, 0.05) is 42.9 Å². The highest BCUT2D eigenvalue weighted by atomic mass is 32.2. The fourth-order valence-corrected chi connectivity index (χ4v) is 6.49. The zero-order chi connectivity index (χ0) is 22.6. The number of carbonyl (C=O) groups is 1. The van der Waals surface area contributed by atoms with E-state index in [1.165, 1.54) is 4.31 Å². The van der Waals surface area contributed by atoms with Crippen molar-refractivity contribution in [2.24, 2.45) is 5.92 Å². The van der Waals surface area contributed by atoms with Crippen LogP contribution in [0.4, 0.5) is 0 Å². The second-order valence-electron chi connectivity index (χ2n) is 7.99. The lowest BCUT2D eigenvalue weighted by molar-refractivity contribution is -0.126. The summed E-state index contributed by atoms with van der Waals surface area (Å²) in [5.41, 5.74) is 2.80. The molecule has 4 rings (SSSR count). The Balaban J connectivity index is 1.26. The number of carbonyl (C=O) groups excluding carboxylic acids is 1. The molecule has 1 N–H and O–H groups in total. The summed E-state index contributed by atoms with van der Waals surface area (Å²) in [6.45, 7) is 3.05. The van der Waals surface area contributed by atoms with E-state index in [9.17, 15) is 13.2 Å². The number of sulfonamides is 1. The molecule has 0 saturated carbocycles. The summed E-state index contributed by atoms with van der Waals surface area (Å²) in [7, 11) is -3.52. The third-order valence-corrected chi connectivity index (χ3v) is 8.79. The van der Waals surface area contributed by atoms with Gasteiger partial charge in [0.25, 0.3) is 0 Å². The molecule has 2 aromatic carbocycles. The van der Waals surface area contributed by atoms with Gasteiger partial charge in [-0.2, -0.15) is 4.31 Å². The van der Waals surface area contributed by atoms with E-state index in [-0.39, 0.29) is 11.8 Å². The number of piperidine rings is 1. The fraction of sp³-hybridized carbons (Fsp3) is 0.333. The Morgan fingerprint density at radius 2 is 1.78 bits per heavy atom. The first-order valence-corrected chi connectivity index (χ1v) is 13.1. The van der Waals surface area contributed by atoms with Crippen LogP contribution in [0.3, 0.4) is 0 Å². The SMILES string of the molecule is Cc1ccccc1S(=O)(=O)N1CCC(C(=O)NCCc2csc(-c3ccccc3)n2)CC1. The van der Waals surface area contributed by atoms with Crippen molar-refractivity contribution in [2.75, 3.05) is 19.6 Å². The molecule has 168 valence electrons. The molecule has 32 heavy (non-hydrogen) atoms. The predicted octanol–water partition coefficient (Wildman–Crippen LogP) is 3.88. The van der Waals surface area contributed by atoms with Gasteiger partial charge in [0.15, 0.2) is 0 Å². The Bertz CT molecular complexity index is 1170. The largest absolute Gasteiger partial charge is 0.355 e. The zero-order valence-electron chi connectivity index (χ0n) is 18.0. The minimum atomic E-state index is -3.52. The van der Waals surface area contributed by atoms with Gasteiger partial charge in [0.1, 0.15) is 5.01 Å². The van der Waals surface area contributed by atoms with Crippen molar-refractivity contribution in [3.05, 3.63) is 71.2 Å². The van der Waals surface area contributed by atoms with Crippen LogP contribution < -0.4 is 5.32 Å². The molecule has 1 amide bonds. The number of thiazole rings is 1. The maximum Gasteiger partial charge on any atom is 0.243 e. The van der Waals surface area contributed by atoms with Crippen LogP contribution in [0.5, 0.6) is 0 Å². The van der Waals surface area contributed by atoms with Crippen molar-refractivity contribution in [3.63, 3.8) is 0 Å². The van der Waals surface area contributed by atoms with Crippen molar-refractivity contribution in [1.82, 2.24) is 14.6 Å². The molecule has 1 aromatic heterocycles. The van der Waals surface area contributed by atoms with Gasteiger partial charge in [-0.15, -0.1) is 11.3 Å². The van der Waals surface area contributed by atoms with Gasteiger partial charge in [-0.3, -0.25) is 4.79 Å². The normalized spacial score (nSPS) is 15.5. The highest BCUT2D eigenvalue weighted by molar-refractivity contribution is 7.89. The van der Waals surface area contributed by atoms with E-state index < -0.39 is 10.0 Å². The molecule has 1 aliphatic rings. The van der Waals surface area contributed by atoms with Crippen LogP contribution in [0.15, 0.2) is 64.9 Å². The van der Waals surface area contributed by atoms with E-state index in [0.717, 1.165) is 21.8 Å². The number of amides is 1. The third-order valence-electron chi connectivity index (χ3n) is 5.79. The van der Waals surface area contributed by atoms with Gasteiger partial charge < -0.3 is 5.32 Å². The van der Waals surface area contributed by atoms with Gasteiger partial charge in [0.05, 0.1) is 10.6 Å². The van der Waals surface area contributed by atoms with Gasteiger partial charge in [-0.05, 0) is 31.4 Å². The van der Waals surface area contributed by atoms with Crippen molar-refractivity contribution in [3.8, 4) is 10.6 Å². The molecule has 2 heterocycles. The molecule has 0 atom stereocenters. The number of nitrogens with one attached hydrogen (secondary N) is 1. The molecule has 0 aliphatic carbocycles. The fourth-order valence-electron chi connectivity index (χ4n) is 3.94. The Morgan fingerprint density at radius 3 is 2.50 bits per heavy atom. The summed E-state index contributed by atoms with van der Waals surface area (Å²) in [6, 6.07) is 17.1. The summed E-state index contributed by atoms with van der Waals surface area (Å²) < 4.78 is 27.4. The van der Waals surface area contributed by atoms with Crippen LogP contribution in [-0.2, 0) is 21.2 Å². The maximum absolute atomic E-state index is 12.9. The van der Waals surface area contributed by atoms with E-state index in [0.29, 0.717) is 43.8 Å². The molecule has 1 aliphatic heterocycles. The summed E-state index contributed by atoms with van der Waals surface area (Å²) in [5.74, 6) is -0.162. The lowest BCUT2D eigenvalue weighted by Crippen LogP contribution is -2.43. The maximum atomic E-state index is 12.9. The van der Waals surface area contributed by atoms with Crippen LogP contribution in [-0.4, -0.2) is 43.2 Å². The predicted molar refractivity (Wildman–Crippen MR) is 127 cm³/mol. The molecule has 1 fully saturated rings. The van der Waals surface area contributed by atoms with Crippen LogP contribution in [0, 0.1) is 12.8 Å². The van der Waals surface area contributed by atoms with Crippen LogP contribution >= 0.6 is 11.3 Å². The average Bonchev–Trinajstić information content (AvgIpc) is 3.29. The van der Waals surface area contributed by atoms with E-state index in [1.54, 1.807) is 36.5 Å². The van der Waals surface area contributed by atoms with Gasteiger partial charge >= 0.3 is 0 Å². The second kappa shape index (κ2) is 9.94. The lowest BCUT2D eigenvalue weighted by atomic mass is 9.97. The second-order valence-corrected chi connectivity index (χ2v) is 10.8. The number of rotatable bonds is 7. The van der Waals surface area contributed by atoms with Crippen molar-refractivity contribution in [2.45, 2.75) is 31.1 Å². The van der Waals surface area contributed by atoms with E-state index in [4.69, 9.17) is 0 Å². The molecule has 0 unspecified atom stereocenters. The van der Waals surface area contributed by atoms with Gasteiger partial charge in [0.2, 0.25) is 15.9 Å². The average molecular weight is 470 g/mol. The van der Waals surface area contributed by atoms with Gasteiger partial charge in [-0.1, -0.05) is 48.5 Å². The Kier molecular flexibility index (Phi) is 7.03. The first-order valence-electron chi connectivity index (χ1n) is 10.8. The molecule has 6 nitrogen and oxygen atoms in total. The van der Waals surface area contributed by atoms with Crippen molar-refractivity contribution in [1.29, 1.82) is 0 Å². The monoisotopic (exact) mass is 469 g/mol. The van der Waals surface area contributed by atoms with E-state index in [1.807, 2.05) is 41.8 Å². The summed E-state index contributed by atoms with van der Waals surface area (Å²) in [5, 5.41) is 6.01. The summed E-state index contributed by atoms with van der Waals surface area (Å²) >= 11 is 1.60. The number of benzene rings is 2. The van der Waals surface area contributed by atoms with Crippen molar-refractivity contribution < 1.29 is 13.2 Å². The molecule has 1 saturated heterocycles. The van der Waals surface area contributed by atoms with Crippen molar-refractivity contribution >= 4 is 27.3 Å². The number of aromatic nitrogens is 1. The summed E-state index contributed by atoms with van der Waals surface area (Å²) in [4.78, 5) is 17.6. The molecule has 3 aromatic rings. The minimum absolute atomic E-state index is 0.00329. The number of nitrogens with zero attached hydrogens (tertiary/aromatic N) is 2. The summed E-state index contributed by atoms with van der Waals surface area (Å²) in [6.07, 6.45) is 1.74. The number of hydrogen-bond donors (Lipinski definition) is 1. The Labute approximate surface area is 193 Å². The standard InChI is InChI=1S/C24H27N3O3S2/c1-18-7-5-6-10-22(18)32(29,30)27-15-12-19(13-16-27)23(28)25-14-11-21-17-31-24(26-21)20-8-3-2-4-9-20/h2-10,17,19H,11-16H2,1H3,(H,25,28). The van der Waals surface area contributed by atoms with E-state index in [2.05, 4.69) is 10.3 Å². The highest BCUT2D eigenvalue weighted by Gasteiger charge is 2.32. The zero-order valence-corrected chi connectivity index (χ0v) is 19.7. The molecule has 0 radical (unpaired) electrons. The molecular weight excluding hydrogens is 442 g/mol. The Morgan fingerprint density at radius 1 is 1.09 bits per heavy atom. The third kappa shape index (κ3) is 5.09. The minimum Gasteiger partial charge on any atom is -0.355 e. The molecule has 0 spiro atoms. The highest BCUT2D eigenvalue weighted by Crippen LogP contribution is 2.26. The number of aryl methyl sites for hydroxylation is 1. The first kappa shape index (κ1) is 22.6. The van der Waals surface area contributed by atoms with Crippen LogP contribution in [0.25, 0.3) is 10.6 Å². The first-order chi connectivity index (χ1) is 15.4.